The van der Waals surface area contributed by atoms with Gasteiger partial charge in [-0.1, -0.05) is 30.3 Å². The number of para-hydroxylation sites is 1. The summed E-state index contributed by atoms with van der Waals surface area (Å²) in [5.74, 6) is 2.84. The smallest absolute Gasteiger partial charge is 0.123 e. The van der Waals surface area contributed by atoms with Crippen molar-refractivity contribution in [2.75, 3.05) is 37.7 Å². The van der Waals surface area contributed by atoms with Gasteiger partial charge in [0, 0.05) is 49.8 Å². The molecule has 4 nitrogen and oxygen atoms in total. The predicted molar refractivity (Wildman–Crippen MR) is 109 cm³/mol. The summed E-state index contributed by atoms with van der Waals surface area (Å²) in [4.78, 5) is 2.29. The Bertz CT molecular complexity index is 693. The fourth-order valence-corrected chi connectivity index (χ4v) is 4.03. The average Bonchev–Trinajstić information content (AvgIpc) is 2.69. The van der Waals surface area contributed by atoms with Crippen LogP contribution in [0.5, 0.6) is 5.75 Å². The summed E-state index contributed by atoms with van der Waals surface area (Å²) < 4.78 is 18.9. The van der Waals surface area contributed by atoms with Crippen LogP contribution >= 0.6 is 11.8 Å². The number of aliphatic hydroxyl groups is 1. The van der Waals surface area contributed by atoms with Crippen molar-refractivity contribution in [3.63, 3.8) is 0 Å². The van der Waals surface area contributed by atoms with Crippen LogP contribution in [-0.4, -0.2) is 53.9 Å². The van der Waals surface area contributed by atoms with Gasteiger partial charge in [0.15, 0.2) is 0 Å². The third kappa shape index (κ3) is 6.81. The van der Waals surface area contributed by atoms with Gasteiger partial charge in [-0.05, 0) is 23.8 Å². The normalized spacial score (nSPS) is 16.2. The van der Waals surface area contributed by atoms with E-state index in [0.717, 1.165) is 41.5 Å². The number of aliphatic hydroxyl groups excluding tert-OH is 1. The van der Waals surface area contributed by atoms with Crippen molar-refractivity contribution in [2.24, 2.45) is 0 Å². The first-order chi connectivity index (χ1) is 13.2. The topological polar surface area (TPSA) is 44.7 Å². The van der Waals surface area contributed by atoms with E-state index in [-0.39, 0.29) is 5.82 Å². The van der Waals surface area contributed by atoms with Crippen molar-refractivity contribution in [3.05, 3.63) is 65.5 Å². The van der Waals surface area contributed by atoms with E-state index in [0.29, 0.717) is 26.2 Å². The first-order valence-electron chi connectivity index (χ1n) is 9.35. The van der Waals surface area contributed by atoms with Gasteiger partial charge < -0.3 is 15.2 Å². The molecule has 3 rings (SSSR count). The third-order valence-electron chi connectivity index (χ3n) is 4.53. The number of halogens is 1. The molecular weight excluding hydrogens is 363 g/mol. The summed E-state index contributed by atoms with van der Waals surface area (Å²) in [5.41, 5.74) is 2.08. The molecule has 1 saturated heterocycles. The Balaban J connectivity index is 1.45. The summed E-state index contributed by atoms with van der Waals surface area (Å²) in [7, 11) is 0. The van der Waals surface area contributed by atoms with E-state index in [1.165, 1.54) is 12.1 Å². The van der Waals surface area contributed by atoms with Gasteiger partial charge in [-0.25, -0.2) is 4.39 Å². The minimum absolute atomic E-state index is 0.223. The van der Waals surface area contributed by atoms with E-state index in [4.69, 9.17) is 4.74 Å². The van der Waals surface area contributed by atoms with Crippen LogP contribution in [0.4, 0.5) is 4.39 Å². The molecule has 0 spiro atoms. The summed E-state index contributed by atoms with van der Waals surface area (Å²) in [5, 5.41) is 13.6. The fraction of sp³-hybridized carbons (Fsp3) is 0.429. The Kier molecular flexibility index (Phi) is 7.95. The average molecular weight is 391 g/mol. The summed E-state index contributed by atoms with van der Waals surface area (Å²) in [6, 6.07) is 14.4. The van der Waals surface area contributed by atoms with E-state index in [1.54, 1.807) is 12.1 Å². The van der Waals surface area contributed by atoms with Gasteiger partial charge >= 0.3 is 0 Å². The second-order valence-corrected chi connectivity index (χ2v) is 7.94. The van der Waals surface area contributed by atoms with E-state index >= 15 is 0 Å². The van der Waals surface area contributed by atoms with Crippen LogP contribution in [0, 0.1) is 5.82 Å². The summed E-state index contributed by atoms with van der Waals surface area (Å²) >= 11 is 1.96. The number of nitrogens with one attached hydrogen (secondary N) is 1. The number of thioether (sulfide) groups is 1. The monoisotopic (exact) mass is 390 g/mol. The zero-order valence-corrected chi connectivity index (χ0v) is 16.3. The van der Waals surface area contributed by atoms with E-state index in [1.807, 2.05) is 36.0 Å². The van der Waals surface area contributed by atoms with Crippen LogP contribution in [-0.2, 0) is 13.1 Å². The van der Waals surface area contributed by atoms with Crippen LogP contribution in [0.25, 0.3) is 0 Å². The Morgan fingerprint density at radius 3 is 2.59 bits per heavy atom. The molecule has 0 saturated carbocycles. The highest BCUT2D eigenvalue weighted by Crippen LogP contribution is 2.18. The molecule has 0 amide bonds. The van der Waals surface area contributed by atoms with Crippen LogP contribution in [0.1, 0.15) is 11.1 Å². The summed E-state index contributed by atoms with van der Waals surface area (Å²) in [6.07, 6.45) is -0.492. The molecule has 1 aliphatic heterocycles. The lowest BCUT2D eigenvalue weighted by Gasteiger charge is -2.28. The molecule has 1 atom stereocenters. The molecule has 0 unspecified atom stereocenters. The quantitative estimate of drug-likeness (QED) is 0.689. The molecule has 146 valence electrons. The highest BCUT2D eigenvalue weighted by Gasteiger charge is 2.15. The highest BCUT2D eigenvalue weighted by atomic mass is 32.2. The molecule has 1 heterocycles. The Hall–Kier alpha value is -1.60. The number of benzene rings is 2. The first kappa shape index (κ1) is 20.1. The van der Waals surface area contributed by atoms with Crippen molar-refractivity contribution < 1.29 is 14.2 Å². The zero-order valence-electron chi connectivity index (χ0n) is 15.4. The second kappa shape index (κ2) is 10.7. The Morgan fingerprint density at radius 2 is 1.81 bits per heavy atom. The molecule has 1 fully saturated rings. The maximum atomic E-state index is 13.0. The van der Waals surface area contributed by atoms with Gasteiger partial charge in [-0.15, -0.1) is 0 Å². The molecular formula is C21H27FN2O2S. The number of rotatable bonds is 9. The molecule has 2 aromatic rings. The first-order valence-corrected chi connectivity index (χ1v) is 10.5. The van der Waals surface area contributed by atoms with Crippen molar-refractivity contribution in [3.8, 4) is 5.75 Å². The van der Waals surface area contributed by atoms with Crippen molar-refractivity contribution in [1.29, 1.82) is 0 Å². The van der Waals surface area contributed by atoms with Gasteiger partial charge in [0.2, 0.25) is 0 Å². The minimum Gasteiger partial charge on any atom is -0.491 e. The lowest BCUT2D eigenvalue weighted by molar-refractivity contribution is 0.0711. The molecule has 0 bridgehead atoms. The molecule has 0 aromatic heterocycles. The van der Waals surface area contributed by atoms with Gasteiger partial charge in [-0.3, -0.25) is 4.90 Å². The molecule has 2 aromatic carbocycles. The van der Waals surface area contributed by atoms with Crippen molar-refractivity contribution >= 4 is 11.8 Å². The van der Waals surface area contributed by atoms with Crippen LogP contribution in [0.3, 0.4) is 0 Å². The van der Waals surface area contributed by atoms with Crippen molar-refractivity contribution in [1.82, 2.24) is 10.2 Å². The second-order valence-electron chi connectivity index (χ2n) is 6.72. The maximum absolute atomic E-state index is 13.0. The zero-order chi connectivity index (χ0) is 18.9. The van der Waals surface area contributed by atoms with Gasteiger partial charge in [0.25, 0.3) is 0 Å². The Labute approximate surface area is 164 Å². The van der Waals surface area contributed by atoms with Crippen LogP contribution < -0.4 is 10.1 Å². The van der Waals surface area contributed by atoms with Gasteiger partial charge in [0.1, 0.15) is 24.3 Å². The van der Waals surface area contributed by atoms with E-state index in [9.17, 15) is 9.50 Å². The van der Waals surface area contributed by atoms with Crippen LogP contribution in [0.15, 0.2) is 48.5 Å². The van der Waals surface area contributed by atoms with Gasteiger partial charge in [0.05, 0.1) is 0 Å². The van der Waals surface area contributed by atoms with E-state index in [2.05, 4.69) is 10.2 Å². The molecule has 27 heavy (non-hydrogen) atoms. The third-order valence-corrected chi connectivity index (χ3v) is 5.48. The molecule has 1 aliphatic rings. The predicted octanol–water partition coefficient (Wildman–Crippen LogP) is 2.90. The Morgan fingerprint density at radius 1 is 1.07 bits per heavy atom. The highest BCUT2D eigenvalue weighted by molar-refractivity contribution is 7.99. The largest absolute Gasteiger partial charge is 0.491 e. The standard InChI is InChI=1S/C21H27FN2O2S/c22-19-7-5-17(6-8-19)13-23-14-18-3-1-2-4-21(18)26-16-20(25)15-24-9-11-27-12-10-24/h1-8,20,23,25H,9-16H2/t20-/m0/s1. The van der Waals surface area contributed by atoms with E-state index < -0.39 is 6.10 Å². The minimum atomic E-state index is -0.492. The molecule has 0 aliphatic carbocycles. The molecule has 0 radical (unpaired) electrons. The number of hydrogen-bond acceptors (Lipinski definition) is 5. The number of ether oxygens (including phenoxy) is 1. The maximum Gasteiger partial charge on any atom is 0.123 e. The SMILES string of the molecule is O[C@H](COc1ccccc1CNCc1ccc(F)cc1)CN1CCSCC1. The number of β-amino-alcohol motifs (C(OH)–C–C–N with tert-alkyl or cyclic N) is 1. The van der Waals surface area contributed by atoms with Gasteiger partial charge in [-0.2, -0.15) is 11.8 Å². The lowest BCUT2D eigenvalue weighted by atomic mass is 10.2. The lowest BCUT2D eigenvalue weighted by Crippen LogP contribution is -2.40. The fourth-order valence-electron chi connectivity index (χ4n) is 3.05. The number of hydrogen-bond donors (Lipinski definition) is 2. The molecule has 2 N–H and O–H groups in total. The molecule has 6 heteroatoms. The number of nitrogens with zero attached hydrogens (tertiary/aromatic N) is 1. The van der Waals surface area contributed by atoms with Crippen molar-refractivity contribution in [2.45, 2.75) is 19.2 Å². The summed E-state index contributed by atoms with van der Waals surface area (Å²) in [6.45, 7) is 4.32. The van der Waals surface area contributed by atoms with Crippen LogP contribution in [0.2, 0.25) is 0 Å².